The van der Waals surface area contributed by atoms with E-state index in [4.69, 9.17) is 23.2 Å². The predicted octanol–water partition coefficient (Wildman–Crippen LogP) is 3.22. The van der Waals surface area contributed by atoms with Crippen LogP contribution >= 0.6 is 23.2 Å². The maximum absolute atomic E-state index is 11.4. The fourth-order valence-electron chi connectivity index (χ4n) is 1.59. The molecule has 1 saturated carbocycles. The van der Waals surface area contributed by atoms with E-state index in [2.05, 4.69) is 0 Å². The van der Waals surface area contributed by atoms with Gasteiger partial charge in [0.1, 0.15) is 5.03 Å². The van der Waals surface area contributed by atoms with E-state index in [0.717, 1.165) is 30.4 Å². The van der Waals surface area contributed by atoms with Crippen molar-refractivity contribution in [1.82, 2.24) is 0 Å². The molecule has 1 rings (SSSR count). The molecular weight excluding hydrogens is 209 g/mol. The molecule has 4 heteroatoms. The summed E-state index contributed by atoms with van der Waals surface area (Å²) < 4.78 is 0.931. The Balaban J connectivity index is 2.54. The zero-order valence-corrected chi connectivity index (χ0v) is 8.89. The molecule has 0 saturated heterocycles. The number of hydrogen-bond acceptors (Lipinski definition) is 1. The summed E-state index contributed by atoms with van der Waals surface area (Å²) in [6.07, 6.45) is 6.80. The van der Waals surface area contributed by atoms with E-state index >= 15 is 0 Å². The quantitative estimate of drug-likeness (QED) is 0.305. The van der Waals surface area contributed by atoms with Crippen LogP contribution in [0.15, 0.2) is 10.6 Å². The van der Waals surface area contributed by atoms with Crippen LogP contribution in [0, 0.1) is 5.21 Å². The Labute approximate surface area is 88.4 Å². The summed E-state index contributed by atoms with van der Waals surface area (Å²) in [5.41, 5.74) is 1.20. The van der Waals surface area contributed by atoms with Crippen LogP contribution in [0.2, 0.25) is 0 Å². The van der Waals surface area contributed by atoms with Crippen LogP contribution in [0.25, 0.3) is 0 Å². The van der Waals surface area contributed by atoms with Crippen LogP contribution in [0.1, 0.15) is 32.1 Å². The van der Waals surface area contributed by atoms with E-state index in [1.54, 1.807) is 0 Å². The molecule has 74 valence electrons. The number of rotatable bonds is 2. The molecule has 13 heavy (non-hydrogen) atoms. The van der Waals surface area contributed by atoms with Gasteiger partial charge < -0.3 is 5.21 Å². The minimum atomic E-state index is 0.0964. The molecule has 0 aromatic carbocycles. The molecule has 0 unspecified atom stereocenters. The third-order valence-corrected chi connectivity index (χ3v) is 2.84. The standard InChI is InChI=1S/C9H13Cl2NO/c10-6-8(11)7-12(13)9-4-2-1-3-5-9/h6-7,9H,1-5H2/b8-6+,12-7-. The second kappa shape index (κ2) is 5.51. The van der Waals surface area contributed by atoms with Crippen molar-refractivity contribution in [2.75, 3.05) is 0 Å². The zero-order chi connectivity index (χ0) is 9.68. The maximum Gasteiger partial charge on any atom is 0.194 e. The minimum absolute atomic E-state index is 0.0964. The highest BCUT2D eigenvalue weighted by Crippen LogP contribution is 2.19. The van der Waals surface area contributed by atoms with Crippen LogP contribution in [-0.2, 0) is 0 Å². The van der Waals surface area contributed by atoms with Crippen molar-refractivity contribution in [3.63, 3.8) is 0 Å². The van der Waals surface area contributed by atoms with Gasteiger partial charge >= 0.3 is 0 Å². The van der Waals surface area contributed by atoms with Crippen molar-refractivity contribution >= 4 is 29.4 Å². The molecule has 2 nitrogen and oxygen atoms in total. The first kappa shape index (κ1) is 10.9. The molecule has 0 N–H and O–H groups in total. The number of hydroxylamine groups is 1. The fourth-order valence-corrected chi connectivity index (χ4v) is 1.74. The van der Waals surface area contributed by atoms with Gasteiger partial charge in [-0.25, -0.2) is 4.74 Å². The molecule has 0 heterocycles. The zero-order valence-electron chi connectivity index (χ0n) is 7.38. The van der Waals surface area contributed by atoms with E-state index in [0.29, 0.717) is 5.03 Å². The average Bonchev–Trinajstić information content (AvgIpc) is 2.19. The smallest absolute Gasteiger partial charge is 0.194 e. The van der Waals surface area contributed by atoms with Crippen LogP contribution in [-0.4, -0.2) is 17.0 Å². The van der Waals surface area contributed by atoms with E-state index < -0.39 is 0 Å². The summed E-state index contributed by atoms with van der Waals surface area (Å²) in [5.74, 6) is 0. The second-order valence-electron chi connectivity index (χ2n) is 3.27. The molecule has 0 spiro atoms. The molecule has 0 bridgehead atoms. The lowest BCUT2D eigenvalue weighted by Gasteiger charge is -2.20. The Bertz CT molecular complexity index is 220. The Morgan fingerprint density at radius 2 is 1.92 bits per heavy atom. The lowest BCUT2D eigenvalue weighted by Crippen LogP contribution is -2.25. The highest BCUT2D eigenvalue weighted by molar-refractivity contribution is 6.43. The van der Waals surface area contributed by atoms with Crippen molar-refractivity contribution in [3.05, 3.63) is 15.8 Å². The van der Waals surface area contributed by atoms with E-state index in [1.165, 1.54) is 18.2 Å². The van der Waals surface area contributed by atoms with Gasteiger partial charge in [0.15, 0.2) is 12.3 Å². The SMILES string of the molecule is [O-]/[N+](=C\C(Cl)=C/Cl)C1CCCCC1. The molecule has 1 aliphatic carbocycles. The monoisotopic (exact) mass is 221 g/mol. The van der Waals surface area contributed by atoms with Crippen molar-refractivity contribution in [3.8, 4) is 0 Å². The van der Waals surface area contributed by atoms with Gasteiger partial charge in [-0.3, -0.25) is 0 Å². The first-order chi connectivity index (χ1) is 6.24. The van der Waals surface area contributed by atoms with Crippen molar-refractivity contribution in [2.24, 2.45) is 0 Å². The predicted molar refractivity (Wildman–Crippen MR) is 56.4 cm³/mol. The third-order valence-electron chi connectivity index (χ3n) is 2.29. The van der Waals surface area contributed by atoms with Gasteiger partial charge in [0.2, 0.25) is 0 Å². The van der Waals surface area contributed by atoms with Gasteiger partial charge in [0.25, 0.3) is 0 Å². The van der Waals surface area contributed by atoms with Crippen LogP contribution in [0.4, 0.5) is 0 Å². The highest BCUT2D eigenvalue weighted by atomic mass is 35.5. The summed E-state index contributed by atoms with van der Waals surface area (Å²) in [6, 6.07) is 0.0964. The summed E-state index contributed by atoms with van der Waals surface area (Å²) in [4.78, 5) is 0. The van der Waals surface area contributed by atoms with Gasteiger partial charge in [-0.15, -0.1) is 0 Å². The average molecular weight is 222 g/mol. The summed E-state index contributed by atoms with van der Waals surface area (Å²) in [7, 11) is 0. The molecule has 0 atom stereocenters. The van der Waals surface area contributed by atoms with Gasteiger partial charge in [0.05, 0.1) is 0 Å². The Hall–Kier alpha value is -0.210. The lowest BCUT2D eigenvalue weighted by molar-refractivity contribution is -0.500. The number of nitrogens with zero attached hydrogens (tertiary/aromatic N) is 1. The molecule has 1 fully saturated rings. The molecular formula is C9H13Cl2NO. The summed E-state index contributed by atoms with van der Waals surface area (Å²) in [6.45, 7) is 0. The van der Waals surface area contributed by atoms with E-state index in [9.17, 15) is 5.21 Å². The number of allylic oxidation sites excluding steroid dienone is 1. The van der Waals surface area contributed by atoms with Crippen LogP contribution in [0.5, 0.6) is 0 Å². The first-order valence-electron chi connectivity index (χ1n) is 4.50. The second-order valence-corrected chi connectivity index (χ2v) is 3.93. The van der Waals surface area contributed by atoms with Gasteiger partial charge in [-0.1, -0.05) is 29.6 Å². The largest absolute Gasteiger partial charge is 0.624 e. The molecule has 1 aliphatic rings. The number of hydrogen-bond donors (Lipinski definition) is 0. The summed E-state index contributed by atoms with van der Waals surface area (Å²) in [5, 5.41) is 11.7. The first-order valence-corrected chi connectivity index (χ1v) is 5.31. The van der Waals surface area contributed by atoms with Crippen molar-refractivity contribution in [2.45, 2.75) is 38.1 Å². The number of halogens is 2. The minimum Gasteiger partial charge on any atom is -0.624 e. The van der Waals surface area contributed by atoms with Crippen LogP contribution < -0.4 is 0 Å². The van der Waals surface area contributed by atoms with Crippen molar-refractivity contribution < 1.29 is 4.74 Å². The van der Waals surface area contributed by atoms with E-state index in [-0.39, 0.29) is 6.04 Å². The topological polar surface area (TPSA) is 26.1 Å². The lowest BCUT2D eigenvalue weighted by atomic mass is 9.96. The Morgan fingerprint density at radius 1 is 1.31 bits per heavy atom. The molecule has 0 radical (unpaired) electrons. The molecule has 0 aromatic rings. The summed E-state index contributed by atoms with van der Waals surface area (Å²) >= 11 is 11.0. The maximum atomic E-state index is 11.4. The normalized spacial score (nSPS) is 22.0. The molecule has 0 aliphatic heterocycles. The van der Waals surface area contributed by atoms with Crippen LogP contribution in [0.3, 0.4) is 0 Å². The Kier molecular flexibility index (Phi) is 4.60. The molecule has 0 aromatic heterocycles. The van der Waals surface area contributed by atoms with Crippen molar-refractivity contribution in [1.29, 1.82) is 0 Å². The van der Waals surface area contributed by atoms with Gasteiger partial charge in [-0.2, -0.15) is 0 Å². The fraction of sp³-hybridized carbons (Fsp3) is 0.667. The van der Waals surface area contributed by atoms with Gasteiger partial charge in [0, 0.05) is 18.4 Å². The van der Waals surface area contributed by atoms with Gasteiger partial charge in [-0.05, 0) is 12.8 Å². The Morgan fingerprint density at radius 3 is 2.46 bits per heavy atom. The third kappa shape index (κ3) is 3.57. The van der Waals surface area contributed by atoms with E-state index in [1.807, 2.05) is 0 Å². The molecule has 0 amide bonds. The highest BCUT2D eigenvalue weighted by Gasteiger charge is 2.19.